The van der Waals surface area contributed by atoms with Crippen molar-refractivity contribution in [2.45, 2.75) is 13.1 Å². The van der Waals surface area contributed by atoms with E-state index in [0.29, 0.717) is 0 Å². The molecule has 19 heavy (non-hydrogen) atoms. The van der Waals surface area contributed by atoms with E-state index in [1.165, 1.54) is 16.6 Å². The summed E-state index contributed by atoms with van der Waals surface area (Å²) in [5.41, 5.74) is 3.90. The topological polar surface area (TPSA) is 8.81 Å². The van der Waals surface area contributed by atoms with E-state index in [0.717, 1.165) is 18.4 Å². The average molecular weight is 316 g/mol. The number of benzene rings is 2. The number of nitrogens with zero attached hydrogens (tertiary/aromatic N) is 2. The van der Waals surface area contributed by atoms with Gasteiger partial charge in [0.1, 0.15) is 13.1 Å². The van der Waals surface area contributed by atoms with Crippen LogP contribution in [0.3, 0.4) is 0 Å². The molecule has 0 radical (unpaired) electrons. The highest BCUT2D eigenvalue weighted by Crippen LogP contribution is 2.12. The largest absolute Gasteiger partial charge is 0.245 e. The number of imidazole rings is 1. The summed E-state index contributed by atoms with van der Waals surface area (Å²) in [6.07, 6.45) is 2.21. The molecule has 0 unspecified atom stereocenters. The Morgan fingerprint density at radius 3 is 2.47 bits per heavy atom. The first-order valence-electron chi connectivity index (χ1n) is 6.45. The van der Waals surface area contributed by atoms with Gasteiger partial charge in [-0.05, 0) is 17.7 Å². The molecule has 3 rings (SSSR count). The highest BCUT2D eigenvalue weighted by Gasteiger charge is 2.14. The maximum Gasteiger partial charge on any atom is 0.245 e. The van der Waals surface area contributed by atoms with Gasteiger partial charge in [0.25, 0.3) is 0 Å². The molecular formula is C16H16BrN2+. The number of hydrogen-bond donors (Lipinski definition) is 0. The van der Waals surface area contributed by atoms with Crippen LogP contribution in [-0.2, 0) is 13.1 Å². The van der Waals surface area contributed by atoms with Crippen molar-refractivity contribution in [3.63, 3.8) is 0 Å². The zero-order valence-corrected chi connectivity index (χ0v) is 12.3. The van der Waals surface area contributed by atoms with Gasteiger partial charge in [0, 0.05) is 5.33 Å². The molecule has 0 atom stereocenters. The van der Waals surface area contributed by atoms with Crippen LogP contribution in [0.2, 0.25) is 0 Å². The Balaban J connectivity index is 2.03. The number of halogens is 1. The minimum absolute atomic E-state index is 0.913. The van der Waals surface area contributed by atoms with Crippen molar-refractivity contribution in [2.75, 3.05) is 5.33 Å². The predicted molar refractivity (Wildman–Crippen MR) is 81.5 cm³/mol. The number of aromatic nitrogens is 2. The van der Waals surface area contributed by atoms with E-state index in [4.69, 9.17) is 0 Å². The second-order valence-corrected chi connectivity index (χ2v) is 5.39. The number of alkyl halides is 1. The molecule has 1 aromatic heterocycles. The van der Waals surface area contributed by atoms with Gasteiger partial charge in [-0.2, -0.15) is 0 Å². The van der Waals surface area contributed by atoms with Gasteiger partial charge < -0.3 is 0 Å². The predicted octanol–water partition coefficient (Wildman–Crippen LogP) is 3.37. The standard InChI is InChI=1S/C16H16BrN2/c17-10-11-18-13-19(12-14-6-2-1-3-7-14)16-9-5-4-8-15(16)18/h1-9,13H,10-12H2/q+1. The molecule has 0 spiro atoms. The number of aryl methyl sites for hydroxylation is 1. The van der Waals surface area contributed by atoms with Gasteiger partial charge in [-0.15, -0.1) is 0 Å². The fourth-order valence-corrected chi connectivity index (χ4v) is 2.80. The molecular weight excluding hydrogens is 300 g/mol. The smallest absolute Gasteiger partial charge is 0.229 e. The molecule has 2 nitrogen and oxygen atoms in total. The van der Waals surface area contributed by atoms with Crippen molar-refractivity contribution in [1.82, 2.24) is 4.57 Å². The normalized spacial score (nSPS) is 11.0. The SMILES string of the molecule is BrCCn1c[n+](Cc2ccccc2)c2ccccc21. The van der Waals surface area contributed by atoms with Crippen LogP contribution in [0.15, 0.2) is 60.9 Å². The van der Waals surface area contributed by atoms with E-state index in [-0.39, 0.29) is 0 Å². The summed E-state index contributed by atoms with van der Waals surface area (Å²) < 4.78 is 4.61. The van der Waals surface area contributed by atoms with Crippen LogP contribution in [0.5, 0.6) is 0 Å². The number of hydrogen-bond acceptors (Lipinski definition) is 0. The van der Waals surface area contributed by atoms with Crippen molar-refractivity contribution >= 4 is 27.0 Å². The van der Waals surface area contributed by atoms with Gasteiger partial charge in [0.05, 0.1) is 0 Å². The summed E-state index contributed by atoms with van der Waals surface area (Å²) >= 11 is 3.52. The molecule has 0 saturated heterocycles. The lowest BCUT2D eigenvalue weighted by molar-refractivity contribution is -0.663. The molecule has 0 amide bonds. The molecule has 3 heteroatoms. The van der Waals surface area contributed by atoms with E-state index in [1.807, 2.05) is 0 Å². The second-order valence-electron chi connectivity index (χ2n) is 4.60. The molecule has 0 N–H and O–H groups in total. The number of fused-ring (bicyclic) bond motifs is 1. The van der Waals surface area contributed by atoms with Crippen LogP contribution < -0.4 is 4.57 Å². The third-order valence-corrected chi connectivity index (χ3v) is 3.66. The average Bonchev–Trinajstić information content (AvgIpc) is 2.79. The van der Waals surface area contributed by atoms with Crippen molar-refractivity contribution in [3.05, 3.63) is 66.5 Å². The van der Waals surface area contributed by atoms with Crippen molar-refractivity contribution in [2.24, 2.45) is 0 Å². The number of rotatable bonds is 4. The van der Waals surface area contributed by atoms with Crippen molar-refractivity contribution in [1.29, 1.82) is 0 Å². The van der Waals surface area contributed by atoms with Crippen LogP contribution in [0.25, 0.3) is 11.0 Å². The second kappa shape index (κ2) is 5.57. The van der Waals surface area contributed by atoms with Crippen LogP contribution in [-0.4, -0.2) is 9.90 Å². The minimum Gasteiger partial charge on any atom is -0.229 e. The number of para-hydroxylation sites is 2. The van der Waals surface area contributed by atoms with Gasteiger partial charge in [-0.25, -0.2) is 9.13 Å². The Hall–Kier alpha value is -1.61. The van der Waals surface area contributed by atoms with E-state index in [9.17, 15) is 0 Å². The first-order chi connectivity index (χ1) is 9.38. The molecule has 0 aliphatic carbocycles. The molecule has 0 saturated carbocycles. The maximum absolute atomic E-state index is 3.52. The highest BCUT2D eigenvalue weighted by molar-refractivity contribution is 9.09. The minimum atomic E-state index is 0.913. The zero-order valence-electron chi connectivity index (χ0n) is 10.7. The Morgan fingerprint density at radius 2 is 1.68 bits per heavy atom. The Morgan fingerprint density at radius 1 is 0.947 bits per heavy atom. The third-order valence-electron chi connectivity index (χ3n) is 3.30. The third kappa shape index (κ3) is 2.56. The molecule has 1 heterocycles. The van der Waals surface area contributed by atoms with Crippen LogP contribution in [0, 0.1) is 0 Å². The Kier molecular flexibility index (Phi) is 3.65. The van der Waals surface area contributed by atoms with Gasteiger partial charge in [0.2, 0.25) is 6.33 Å². The van der Waals surface area contributed by atoms with Gasteiger partial charge >= 0.3 is 0 Å². The highest BCUT2D eigenvalue weighted by atomic mass is 79.9. The van der Waals surface area contributed by atoms with Crippen LogP contribution in [0.1, 0.15) is 5.56 Å². The van der Waals surface area contributed by atoms with Gasteiger partial charge in [-0.1, -0.05) is 58.4 Å². The first kappa shape index (κ1) is 12.4. The van der Waals surface area contributed by atoms with E-state index >= 15 is 0 Å². The summed E-state index contributed by atoms with van der Waals surface area (Å²) in [5.74, 6) is 0. The summed E-state index contributed by atoms with van der Waals surface area (Å²) in [7, 11) is 0. The Bertz CT molecular complexity index is 674. The summed E-state index contributed by atoms with van der Waals surface area (Å²) in [6, 6.07) is 19.1. The Labute approximate surface area is 121 Å². The maximum atomic E-state index is 3.52. The first-order valence-corrected chi connectivity index (χ1v) is 7.58. The lowest BCUT2D eigenvalue weighted by Crippen LogP contribution is -2.32. The molecule has 0 fully saturated rings. The molecule has 0 bridgehead atoms. The molecule has 0 aliphatic rings. The molecule has 3 aromatic rings. The van der Waals surface area contributed by atoms with E-state index in [1.54, 1.807) is 0 Å². The van der Waals surface area contributed by atoms with Gasteiger partial charge in [0.15, 0.2) is 11.0 Å². The lowest BCUT2D eigenvalue weighted by Gasteiger charge is -1.97. The van der Waals surface area contributed by atoms with Crippen molar-refractivity contribution in [3.8, 4) is 0 Å². The lowest BCUT2D eigenvalue weighted by atomic mass is 10.2. The quantitative estimate of drug-likeness (QED) is 0.515. The van der Waals surface area contributed by atoms with Crippen LogP contribution in [0.4, 0.5) is 0 Å². The molecule has 2 aromatic carbocycles. The molecule has 96 valence electrons. The van der Waals surface area contributed by atoms with E-state index < -0.39 is 0 Å². The fourth-order valence-electron chi connectivity index (χ4n) is 2.42. The zero-order chi connectivity index (χ0) is 13.1. The van der Waals surface area contributed by atoms with Gasteiger partial charge in [-0.3, -0.25) is 0 Å². The van der Waals surface area contributed by atoms with E-state index in [2.05, 4.69) is 86.0 Å². The van der Waals surface area contributed by atoms with Crippen molar-refractivity contribution < 1.29 is 4.57 Å². The summed E-state index contributed by atoms with van der Waals surface area (Å²) in [4.78, 5) is 0. The molecule has 0 aliphatic heterocycles. The summed E-state index contributed by atoms with van der Waals surface area (Å²) in [5, 5.41) is 0.969. The fraction of sp³-hybridized carbons (Fsp3) is 0.188. The monoisotopic (exact) mass is 315 g/mol. The summed E-state index contributed by atoms with van der Waals surface area (Å²) in [6.45, 7) is 1.90. The van der Waals surface area contributed by atoms with Crippen LogP contribution >= 0.6 is 15.9 Å².